The summed E-state index contributed by atoms with van der Waals surface area (Å²) in [4.78, 5) is 11.4. The first kappa shape index (κ1) is 18.5. The van der Waals surface area contributed by atoms with Crippen LogP contribution in [0.15, 0.2) is 30.6 Å². The molecule has 142 valence electrons. The number of halogens is 2. The van der Waals surface area contributed by atoms with Crippen LogP contribution >= 0.6 is 23.2 Å². The van der Waals surface area contributed by atoms with Crippen LogP contribution in [-0.2, 0) is 6.61 Å². The SMILES string of the molecule is CC1(N)CCN(c2c(CO)nc(-c3cccc(Cl)c3Cl)c3nccn23)CC1. The van der Waals surface area contributed by atoms with Crippen molar-refractivity contribution < 1.29 is 5.11 Å². The predicted molar refractivity (Wildman–Crippen MR) is 108 cm³/mol. The first-order chi connectivity index (χ1) is 12.9. The highest BCUT2D eigenvalue weighted by molar-refractivity contribution is 6.43. The summed E-state index contributed by atoms with van der Waals surface area (Å²) in [7, 11) is 0. The van der Waals surface area contributed by atoms with Crippen molar-refractivity contribution in [3.8, 4) is 11.3 Å². The molecule has 3 aromatic rings. The second-order valence-corrected chi connectivity index (χ2v) is 8.04. The topological polar surface area (TPSA) is 79.7 Å². The zero-order valence-corrected chi connectivity index (χ0v) is 16.5. The van der Waals surface area contributed by atoms with Gasteiger partial charge in [-0.2, -0.15) is 0 Å². The molecule has 4 rings (SSSR count). The van der Waals surface area contributed by atoms with Gasteiger partial charge in [0.25, 0.3) is 0 Å². The largest absolute Gasteiger partial charge is 0.390 e. The van der Waals surface area contributed by atoms with Gasteiger partial charge in [0, 0.05) is 36.6 Å². The molecule has 0 radical (unpaired) electrons. The Bertz CT molecular complexity index is 991. The molecule has 2 aromatic heterocycles. The van der Waals surface area contributed by atoms with E-state index in [4.69, 9.17) is 33.9 Å². The number of hydrogen-bond donors (Lipinski definition) is 2. The van der Waals surface area contributed by atoms with Crippen LogP contribution in [0, 0.1) is 0 Å². The maximum Gasteiger partial charge on any atom is 0.165 e. The molecule has 0 spiro atoms. The van der Waals surface area contributed by atoms with Gasteiger partial charge < -0.3 is 15.7 Å². The molecule has 1 aromatic carbocycles. The number of hydrogen-bond acceptors (Lipinski definition) is 5. The summed E-state index contributed by atoms with van der Waals surface area (Å²) in [5, 5.41) is 10.9. The van der Waals surface area contributed by atoms with Crippen molar-refractivity contribution in [3.63, 3.8) is 0 Å². The average molecular weight is 406 g/mol. The van der Waals surface area contributed by atoms with Crippen molar-refractivity contribution in [1.82, 2.24) is 14.4 Å². The molecular formula is C19H21Cl2N5O. The number of nitrogens with zero attached hydrogens (tertiary/aromatic N) is 4. The Morgan fingerprint density at radius 2 is 2.00 bits per heavy atom. The Labute approximate surface area is 167 Å². The van der Waals surface area contributed by atoms with E-state index in [0.717, 1.165) is 31.7 Å². The summed E-state index contributed by atoms with van der Waals surface area (Å²) in [5.41, 5.74) is 8.65. The standard InChI is InChI=1S/C19H21Cl2N5O/c1-19(22)5-8-25(9-6-19)18-14(11-27)24-16(17-23-7-10-26(17)18)12-3-2-4-13(20)15(12)21/h2-4,7,10,27H,5-6,8-9,11,22H2,1H3. The van der Waals surface area contributed by atoms with E-state index in [2.05, 4.69) is 16.8 Å². The zero-order valence-electron chi connectivity index (χ0n) is 15.0. The highest BCUT2D eigenvalue weighted by Gasteiger charge is 2.29. The van der Waals surface area contributed by atoms with Crippen LogP contribution in [0.4, 0.5) is 5.82 Å². The molecule has 0 bridgehead atoms. The summed E-state index contributed by atoms with van der Waals surface area (Å²) >= 11 is 12.6. The van der Waals surface area contributed by atoms with Crippen LogP contribution in [0.5, 0.6) is 0 Å². The molecule has 1 saturated heterocycles. The summed E-state index contributed by atoms with van der Waals surface area (Å²) in [5.74, 6) is 0.849. The maximum absolute atomic E-state index is 10.0. The highest BCUT2D eigenvalue weighted by atomic mass is 35.5. The number of fused-ring (bicyclic) bond motifs is 1. The normalized spacial score (nSPS) is 16.9. The lowest BCUT2D eigenvalue weighted by Crippen LogP contribution is -2.49. The molecule has 8 heteroatoms. The van der Waals surface area contributed by atoms with Gasteiger partial charge in [-0.25, -0.2) is 9.97 Å². The Morgan fingerprint density at radius 1 is 1.26 bits per heavy atom. The van der Waals surface area contributed by atoms with E-state index < -0.39 is 0 Å². The fourth-order valence-electron chi connectivity index (χ4n) is 3.56. The van der Waals surface area contributed by atoms with Crippen LogP contribution in [0.3, 0.4) is 0 Å². The minimum atomic E-state index is -0.189. The van der Waals surface area contributed by atoms with Crippen molar-refractivity contribution in [1.29, 1.82) is 0 Å². The molecule has 27 heavy (non-hydrogen) atoms. The summed E-state index contributed by atoms with van der Waals surface area (Å²) < 4.78 is 1.96. The molecule has 1 aliphatic rings. The molecule has 0 aliphatic carbocycles. The molecular weight excluding hydrogens is 385 g/mol. The average Bonchev–Trinajstić information content (AvgIpc) is 3.13. The molecule has 3 heterocycles. The third-order valence-electron chi connectivity index (χ3n) is 5.15. The quantitative estimate of drug-likeness (QED) is 0.696. The second-order valence-electron chi connectivity index (χ2n) is 7.25. The number of aliphatic hydroxyl groups is 1. The molecule has 3 N–H and O–H groups in total. The van der Waals surface area contributed by atoms with Gasteiger partial charge in [0.15, 0.2) is 5.65 Å². The molecule has 0 saturated carbocycles. The van der Waals surface area contributed by atoms with E-state index in [1.807, 2.05) is 22.7 Å². The number of nitrogens with two attached hydrogens (primary N) is 1. The number of benzene rings is 1. The molecule has 0 atom stereocenters. The van der Waals surface area contributed by atoms with Gasteiger partial charge in [0.2, 0.25) is 0 Å². The van der Waals surface area contributed by atoms with Crippen LogP contribution in [-0.4, -0.2) is 38.1 Å². The van der Waals surface area contributed by atoms with Crippen LogP contribution in [0.2, 0.25) is 10.0 Å². The van der Waals surface area contributed by atoms with E-state index in [1.54, 1.807) is 12.3 Å². The van der Waals surface area contributed by atoms with Gasteiger partial charge in [-0.05, 0) is 25.8 Å². The summed E-state index contributed by atoms with van der Waals surface area (Å²) in [6.07, 6.45) is 5.34. The number of imidazole rings is 1. The fourth-order valence-corrected chi connectivity index (χ4v) is 3.95. The van der Waals surface area contributed by atoms with Crippen LogP contribution in [0.1, 0.15) is 25.5 Å². The minimum Gasteiger partial charge on any atom is -0.390 e. The van der Waals surface area contributed by atoms with Gasteiger partial charge in [-0.15, -0.1) is 0 Å². The molecule has 0 amide bonds. The van der Waals surface area contributed by atoms with Gasteiger partial charge >= 0.3 is 0 Å². The summed E-state index contributed by atoms with van der Waals surface area (Å²) in [6, 6.07) is 5.41. The first-order valence-corrected chi connectivity index (χ1v) is 9.62. The smallest absolute Gasteiger partial charge is 0.165 e. The maximum atomic E-state index is 10.0. The van der Waals surface area contributed by atoms with E-state index >= 15 is 0 Å². The van der Waals surface area contributed by atoms with E-state index in [0.29, 0.717) is 32.6 Å². The Kier molecular flexibility index (Phi) is 4.76. The number of aliphatic hydroxyl groups excluding tert-OH is 1. The lowest BCUT2D eigenvalue weighted by Gasteiger charge is -2.38. The van der Waals surface area contributed by atoms with Crippen LogP contribution in [0.25, 0.3) is 16.9 Å². The molecule has 1 aliphatic heterocycles. The van der Waals surface area contributed by atoms with Crippen molar-refractivity contribution in [2.45, 2.75) is 31.9 Å². The molecule has 1 fully saturated rings. The van der Waals surface area contributed by atoms with Gasteiger partial charge in [0.05, 0.1) is 16.7 Å². The van der Waals surface area contributed by atoms with E-state index in [1.165, 1.54) is 0 Å². The Hall–Kier alpha value is -1.86. The highest BCUT2D eigenvalue weighted by Crippen LogP contribution is 2.37. The third kappa shape index (κ3) is 3.27. The van der Waals surface area contributed by atoms with Gasteiger partial charge in [-0.1, -0.05) is 35.3 Å². The second kappa shape index (κ2) is 6.95. The van der Waals surface area contributed by atoms with Crippen molar-refractivity contribution in [2.75, 3.05) is 18.0 Å². The molecule has 6 nitrogen and oxygen atoms in total. The lowest BCUT2D eigenvalue weighted by molar-refractivity contribution is 0.275. The molecule has 0 unspecified atom stereocenters. The monoisotopic (exact) mass is 405 g/mol. The summed E-state index contributed by atoms with van der Waals surface area (Å²) in [6.45, 7) is 3.48. The van der Waals surface area contributed by atoms with Crippen molar-refractivity contribution in [2.24, 2.45) is 5.73 Å². The Morgan fingerprint density at radius 3 is 2.70 bits per heavy atom. The fraction of sp³-hybridized carbons (Fsp3) is 0.368. The lowest BCUT2D eigenvalue weighted by atomic mass is 9.91. The van der Waals surface area contributed by atoms with Crippen molar-refractivity contribution >= 4 is 34.7 Å². The first-order valence-electron chi connectivity index (χ1n) is 8.86. The third-order valence-corrected chi connectivity index (χ3v) is 5.97. The predicted octanol–water partition coefficient (Wildman–Crippen LogP) is 3.51. The van der Waals surface area contributed by atoms with Crippen LogP contribution < -0.4 is 10.6 Å². The van der Waals surface area contributed by atoms with E-state index in [-0.39, 0.29) is 12.1 Å². The number of aromatic nitrogens is 3. The zero-order chi connectivity index (χ0) is 19.2. The van der Waals surface area contributed by atoms with E-state index in [9.17, 15) is 5.11 Å². The van der Waals surface area contributed by atoms with Gasteiger partial charge in [-0.3, -0.25) is 4.40 Å². The minimum absolute atomic E-state index is 0.161. The number of anilines is 1. The Balaban J connectivity index is 1.88. The number of rotatable bonds is 3. The van der Waals surface area contributed by atoms with Crippen molar-refractivity contribution in [3.05, 3.63) is 46.3 Å². The van der Waals surface area contributed by atoms with Gasteiger partial charge in [0.1, 0.15) is 17.2 Å². The number of piperidine rings is 1.